The van der Waals surface area contributed by atoms with E-state index >= 15 is 0 Å². The number of benzene rings is 1. The minimum Gasteiger partial charge on any atom is -0.325 e. The summed E-state index contributed by atoms with van der Waals surface area (Å²) in [5.74, 6) is 0.230. The van der Waals surface area contributed by atoms with Crippen molar-refractivity contribution in [3.63, 3.8) is 0 Å². The maximum Gasteiger partial charge on any atom is 0.241 e. The summed E-state index contributed by atoms with van der Waals surface area (Å²) < 4.78 is 0. The van der Waals surface area contributed by atoms with Crippen molar-refractivity contribution < 1.29 is 9.59 Å². The summed E-state index contributed by atoms with van der Waals surface area (Å²) in [5, 5.41) is 3.02. The van der Waals surface area contributed by atoms with Crippen LogP contribution < -0.4 is 10.2 Å². The van der Waals surface area contributed by atoms with E-state index in [9.17, 15) is 9.59 Å². The maximum absolute atomic E-state index is 12.6. The van der Waals surface area contributed by atoms with Crippen molar-refractivity contribution in [1.82, 2.24) is 4.90 Å². The first-order chi connectivity index (χ1) is 12.1. The maximum atomic E-state index is 12.6. The van der Waals surface area contributed by atoms with Crippen LogP contribution in [0.15, 0.2) is 24.3 Å². The lowest BCUT2D eigenvalue weighted by atomic mass is 10.1. The molecule has 5 heteroatoms. The number of rotatable bonds is 4. The zero-order chi connectivity index (χ0) is 17.6. The third kappa shape index (κ3) is 4.60. The zero-order valence-electron chi connectivity index (χ0n) is 15.2. The lowest BCUT2D eigenvalue weighted by molar-refractivity contribution is -0.121. The molecular formula is C20H29N3O2. The van der Waals surface area contributed by atoms with Gasteiger partial charge in [-0.2, -0.15) is 0 Å². The van der Waals surface area contributed by atoms with Gasteiger partial charge in [-0.15, -0.1) is 0 Å². The molecule has 0 aliphatic carbocycles. The molecule has 1 N–H and O–H groups in total. The number of anilines is 2. The number of likely N-dealkylation sites (tertiary alicyclic amines) is 1. The van der Waals surface area contributed by atoms with Gasteiger partial charge in [-0.05, 0) is 63.5 Å². The molecule has 2 fully saturated rings. The van der Waals surface area contributed by atoms with Crippen molar-refractivity contribution in [2.24, 2.45) is 0 Å². The molecule has 2 heterocycles. The first-order valence-electron chi connectivity index (χ1n) is 9.60. The summed E-state index contributed by atoms with van der Waals surface area (Å²) >= 11 is 0. The number of nitrogens with zero attached hydrogens (tertiary/aromatic N) is 2. The van der Waals surface area contributed by atoms with Crippen LogP contribution in [0.4, 0.5) is 11.4 Å². The molecule has 2 aliphatic heterocycles. The molecule has 0 spiro atoms. The Balaban J connectivity index is 1.57. The van der Waals surface area contributed by atoms with Gasteiger partial charge in [-0.1, -0.05) is 19.3 Å². The van der Waals surface area contributed by atoms with E-state index in [1.807, 2.05) is 36.1 Å². The second-order valence-corrected chi connectivity index (χ2v) is 7.16. The van der Waals surface area contributed by atoms with Gasteiger partial charge >= 0.3 is 0 Å². The number of carbonyl (C=O) groups is 2. The van der Waals surface area contributed by atoms with E-state index in [1.54, 1.807) is 0 Å². The van der Waals surface area contributed by atoms with Gasteiger partial charge in [0.1, 0.15) is 0 Å². The van der Waals surface area contributed by atoms with Crippen molar-refractivity contribution in [2.45, 2.75) is 57.9 Å². The highest BCUT2D eigenvalue weighted by Crippen LogP contribution is 2.23. The molecular weight excluding hydrogens is 314 g/mol. The predicted octanol–water partition coefficient (Wildman–Crippen LogP) is 3.41. The molecule has 0 aromatic heterocycles. The van der Waals surface area contributed by atoms with Crippen LogP contribution in [0, 0.1) is 0 Å². The molecule has 5 nitrogen and oxygen atoms in total. The van der Waals surface area contributed by atoms with Crippen molar-refractivity contribution in [3.8, 4) is 0 Å². The van der Waals surface area contributed by atoms with Crippen LogP contribution in [0.1, 0.15) is 51.9 Å². The van der Waals surface area contributed by atoms with Gasteiger partial charge in [0, 0.05) is 24.3 Å². The van der Waals surface area contributed by atoms with E-state index in [-0.39, 0.29) is 17.9 Å². The molecule has 0 saturated carbocycles. The van der Waals surface area contributed by atoms with E-state index in [2.05, 4.69) is 10.2 Å². The highest BCUT2D eigenvalue weighted by molar-refractivity contribution is 5.97. The summed E-state index contributed by atoms with van der Waals surface area (Å²) in [6.07, 6.45) is 7.76. The molecule has 136 valence electrons. The molecule has 0 bridgehead atoms. The number of hydrogen-bond acceptors (Lipinski definition) is 3. The number of nitrogens with one attached hydrogen (secondary N) is 1. The molecule has 1 atom stereocenters. The summed E-state index contributed by atoms with van der Waals surface area (Å²) in [7, 11) is 0. The van der Waals surface area contributed by atoms with Crippen molar-refractivity contribution in [2.75, 3.05) is 29.9 Å². The van der Waals surface area contributed by atoms with Crippen LogP contribution in [0.3, 0.4) is 0 Å². The molecule has 1 aromatic rings. The fourth-order valence-corrected chi connectivity index (χ4v) is 3.72. The van der Waals surface area contributed by atoms with Crippen LogP contribution in [0.2, 0.25) is 0 Å². The molecule has 1 unspecified atom stereocenters. The van der Waals surface area contributed by atoms with Gasteiger partial charge in [-0.3, -0.25) is 14.5 Å². The smallest absolute Gasteiger partial charge is 0.241 e. The number of hydrogen-bond donors (Lipinski definition) is 1. The molecule has 25 heavy (non-hydrogen) atoms. The molecule has 2 saturated heterocycles. The van der Waals surface area contributed by atoms with E-state index in [4.69, 9.17) is 0 Å². The van der Waals surface area contributed by atoms with Crippen molar-refractivity contribution >= 4 is 23.2 Å². The molecule has 2 amide bonds. The van der Waals surface area contributed by atoms with Gasteiger partial charge in [0.15, 0.2) is 0 Å². The first kappa shape index (κ1) is 17.9. The summed E-state index contributed by atoms with van der Waals surface area (Å²) in [4.78, 5) is 28.5. The Morgan fingerprint density at radius 2 is 1.60 bits per heavy atom. The van der Waals surface area contributed by atoms with Gasteiger partial charge in [-0.25, -0.2) is 0 Å². The topological polar surface area (TPSA) is 52.7 Å². The van der Waals surface area contributed by atoms with Gasteiger partial charge < -0.3 is 10.2 Å². The third-order valence-electron chi connectivity index (χ3n) is 5.34. The minimum absolute atomic E-state index is 0.0468. The van der Waals surface area contributed by atoms with Gasteiger partial charge in [0.05, 0.1) is 6.04 Å². The van der Waals surface area contributed by atoms with Crippen LogP contribution in [-0.2, 0) is 9.59 Å². The second-order valence-electron chi connectivity index (χ2n) is 7.16. The van der Waals surface area contributed by atoms with E-state index < -0.39 is 0 Å². The van der Waals surface area contributed by atoms with Gasteiger partial charge in [0.2, 0.25) is 11.8 Å². The third-order valence-corrected chi connectivity index (χ3v) is 5.34. The largest absolute Gasteiger partial charge is 0.325 e. The summed E-state index contributed by atoms with van der Waals surface area (Å²) in [5.41, 5.74) is 1.71. The Bertz CT molecular complexity index is 591. The standard InChI is InChI=1S/C20H29N3O2/c1-16(22-13-5-3-2-4-6-14-22)20(25)21-17-9-11-18(12-10-17)23-15-7-8-19(23)24/h9-12,16H,2-8,13-15H2,1H3,(H,21,25). The van der Waals surface area contributed by atoms with E-state index in [0.717, 1.165) is 37.4 Å². The normalized spacial score (nSPS) is 20.8. The quantitative estimate of drug-likeness (QED) is 0.911. The highest BCUT2D eigenvalue weighted by Gasteiger charge is 2.23. The zero-order valence-corrected chi connectivity index (χ0v) is 15.2. The Kier molecular flexibility index (Phi) is 6.08. The van der Waals surface area contributed by atoms with E-state index in [1.165, 1.54) is 32.1 Å². The lowest BCUT2D eigenvalue weighted by Crippen LogP contribution is -2.43. The Hall–Kier alpha value is -1.88. The minimum atomic E-state index is -0.113. The SMILES string of the molecule is CC(C(=O)Nc1ccc(N2CCCC2=O)cc1)N1CCCCCCC1. The average molecular weight is 343 g/mol. The Morgan fingerprint density at radius 1 is 0.960 bits per heavy atom. The highest BCUT2D eigenvalue weighted by atomic mass is 16.2. The van der Waals surface area contributed by atoms with Crippen LogP contribution >= 0.6 is 0 Å². The van der Waals surface area contributed by atoms with Gasteiger partial charge in [0.25, 0.3) is 0 Å². The Morgan fingerprint density at radius 3 is 2.20 bits per heavy atom. The van der Waals surface area contributed by atoms with Crippen molar-refractivity contribution in [3.05, 3.63) is 24.3 Å². The summed E-state index contributed by atoms with van der Waals surface area (Å²) in [6.45, 7) is 4.79. The Labute approximate surface area is 150 Å². The molecule has 0 radical (unpaired) electrons. The predicted molar refractivity (Wildman–Crippen MR) is 101 cm³/mol. The number of amides is 2. The average Bonchev–Trinajstić information content (AvgIpc) is 3.01. The molecule has 2 aliphatic rings. The fourth-order valence-electron chi connectivity index (χ4n) is 3.72. The van der Waals surface area contributed by atoms with Crippen LogP contribution in [0.5, 0.6) is 0 Å². The van der Waals surface area contributed by atoms with Crippen molar-refractivity contribution in [1.29, 1.82) is 0 Å². The first-order valence-corrected chi connectivity index (χ1v) is 9.60. The molecule has 3 rings (SSSR count). The monoisotopic (exact) mass is 343 g/mol. The molecule has 1 aromatic carbocycles. The second kappa shape index (κ2) is 8.48. The lowest BCUT2D eigenvalue weighted by Gasteiger charge is -2.29. The van der Waals surface area contributed by atoms with Crippen LogP contribution in [0.25, 0.3) is 0 Å². The van der Waals surface area contributed by atoms with Crippen LogP contribution in [-0.4, -0.2) is 42.4 Å². The number of carbonyl (C=O) groups excluding carboxylic acids is 2. The summed E-state index contributed by atoms with van der Waals surface area (Å²) in [6, 6.07) is 7.50. The fraction of sp³-hybridized carbons (Fsp3) is 0.600. The van der Waals surface area contributed by atoms with E-state index in [0.29, 0.717) is 6.42 Å².